The van der Waals surface area contributed by atoms with Crippen molar-refractivity contribution in [1.29, 1.82) is 0 Å². The van der Waals surface area contributed by atoms with Gasteiger partial charge in [0.15, 0.2) is 0 Å². The maximum absolute atomic E-state index is 9.68. The van der Waals surface area contributed by atoms with Gasteiger partial charge in [-0.3, -0.25) is 0 Å². The normalized spacial score (nSPS) is 15.0. The molecule has 0 saturated heterocycles. The Labute approximate surface area is 105 Å². The zero-order valence-corrected chi connectivity index (χ0v) is 10.6. The minimum absolute atomic E-state index is 0.0789. The van der Waals surface area contributed by atoms with E-state index in [9.17, 15) is 15.3 Å². The molecule has 0 spiro atoms. The number of hydrogen-bond acceptors (Lipinski definition) is 3. The van der Waals surface area contributed by atoms with E-state index in [2.05, 4.69) is 15.9 Å². The molecule has 2 atom stereocenters. The number of aliphatic hydroxyl groups is 2. The standard InChI is InChI=1S/C9H9BrCl2O3/c10-3-8(14)9(15)4-1-6(12)7(13)2-5(4)11/h1-2,8-9,13-15H,3H2. The third-order valence-electron chi connectivity index (χ3n) is 1.91. The molecule has 84 valence electrons. The quantitative estimate of drug-likeness (QED) is 0.751. The molecule has 1 aromatic carbocycles. The van der Waals surface area contributed by atoms with Gasteiger partial charge in [0.25, 0.3) is 0 Å². The smallest absolute Gasteiger partial charge is 0.135 e. The molecule has 2 unspecified atom stereocenters. The molecule has 0 aliphatic carbocycles. The molecule has 0 fully saturated rings. The lowest BCUT2D eigenvalue weighted by Gasteiger charge is -2.17. The van der Waals surface area contributed by atoms with Crippen LogP contribution in [0.3, 0.4) is 0 Å². The van der Waals surface area contributed by atoms with E-state index in [-0.39, 0.29) is 26.7 Å². The number of benzene rings is 1. The number of alkyl halides is 1. The highest BCUT2D eigenvalue weighted by atomic mass is 79.9. The molecule has 15 heavy (non-hydrogen) atoms. The molecule has 0 heterocycles. The van der Waals surface area contributed by atoms with Crippen LogP contribution < -0.4 is 0 Å². The Bertz CT molecular complexity index is 359. The summed E-state index contributed by atoms with van der Waals surface area (Å²) in [4.78, 5) is 0. The van der Waals surface area contributed by atoms with E-state index >= 15 is 0 Å². The first kappa shape index (κ1) is 13.1. The first-order chi connectivity index (χ1) is 6.97. The molecular weight excluding hydrogens is 307 g/mol. The lowest BCUT2D eigenvalue weighted by Crippen LogP contribution is -2.19. The Morgan fingerprint density at radius 2 is 1.80 bits per heavy atom. The van der Waals surface area contributed by atoms with E-state index in [1.807, 2.05) is 0 Å². The maximum Gasteiger partial charge on any atom is 0.135 e. The topological polar surface area (TPSA) is 60.7 Å². The largest absolute Gasteiger partial charge is 0.506 e. The average Bonchev–Trinajstić information content (AvgIpc) is 2.21. The van der Waals surface area contributed by atoms with Crippen molar-refractivity contribution in [3.8, 4) is 5.75 Å². The predicted molar refractivity (Wildman–Crippen MR) is 62.9 cm³/mol. The van der Waals surface area contributed by atoms with Crippen LogP contribution in [0, 0.1) is 0 Å². The van der Waals surface area contributed by atoms with E-state index in [0.717, 1.165) is 0 Å². The summed E-state index contributed by atoms with van der Waals surface area (Å²) >= 11 is 14.5. The van der Waals surface area contributed by atoms with Crippen LogP contribution in [-0.4, -0.2) is 26.8 Å². The van der Waals surface area contributed by atoms with Gasteiger partial charge in [-0.15, -0.1) is 0 Å². The number of aromatic hydroxyl groups is 1. The second kappa shape index (κ2) is 5.37. The number of phenols is 1. The number of hydrogen-bond donors (Lipinski definition) is 3. The average molecular weight is 316 g/mol. The molecule has 0 radical (unpaired) electrons. The summed E-state index contributed by atoms with van der Waals surface area (Å²) in [6.07, 6.45) is -2.13. The van der Waals surface area contributed by atoms with Crippen molar-refractivity contribution in [3.63, 3.8) is 0 Å². The fourth-order valence-electron chi connectivity index (χ4n) is 1.07. The van der Waals surface area contributed by atoms with Gasteiger partial charge in [-0.2, -0.15) is 0 Å². The summed E-state index contributed by atoms with van der Waals surface area (Å²) in [5.41, 5.74) is 0.284. The van der Waals surface area contributed by atoms with Crippen molar-refractivity contribution in [1.82, 2.24) is 0 Å². The van der Waals surface area contributed by atoms with Gasteiger partial charge in [-0.05, 0) is 6.07 Å². The van der Waals surface area contributed by atoms with E-state index < -0.39 is 12.2 Å². The van der Waals surface area contributed by atoms with E-state index in [4.69, 9.17) is 23.2 Å². The summed E-state index contributed by atoms with van der Waals surface area (Å²) in [6, 6.07) is 2.55. The minimum atomic E-state index is -1.14. The van der Waals surface area contributed by atoms with Crippen LogP contribution in [0.2, 0.25) is 10.0 Å². The molecule has 1 rings (SSSR count). The second-order valence-electron chi connectivity index (χ2n) is 2.99. The Morgan fingerprint density at radius 3 is 2.33 bits per heavy atom. The highest BCUT2D eigenvalue weighted by Gasteiger charge is 2.21. The highest BCUT2D eigenvalue weighted by molar-refractivity contribution is 9.09. The first-order valence-corrected chi connectivity index (χ1v) is 5.95. The summed E-state index contributed by atoms with van der Waals surface area (Å²) < 4.78 is 0. The fourth-order valence-corrected chi connectivity index (χ4v) is 1.87. The molecule has 0 aliphatic heterocycles. The third kappa shape index (κ3) is 2.98. The molecule has 0 aliphatic rings. The lowest BCUT2D eigenvalue weighted by molar-refractivity contribution is 0.0343. The minimum Gasteiger partial charge on any atom is -0.506 e. The lowest BCUT2D eigenvalue weighted by atomic mass is 10.1. The fraction of sp³-hybridized carbons (Fsp3) is 0.333. The van der Waals surface area contributed by atoms with Gasteiger partial charge in [0.2, 0.25) is 0 Å². The van der Waals surface area contributed by atoms with E-state index in [0.29, 0.717) is 0 Å². The number of rotatable bonds is 3. The Kier molecular flexibility index (Phi) is 4.67. The molecule has 1 aromatic rings. The number of phenolic OH excluding ortho intramolecular Hbond substituents is 1. The van der Waals surface area contributed by atoms with E-state index in [1.165, 1.54) is 12.1 Å². The van der Waals surface area contributed by atoms with Gasteiger partial charge in [0, 0.05) is 17.0 Å². The van der Waals surface area contributed by atoms with Crippen LogP contribution in [-0.2, 0) is 0 Å². The molecule has 0 bridgehead atoms. The van der Waals surface area contributed by atoms with E-state index in [1.54, 1.807) is 0 Å². The zero-order valence-electron chi connectivity index (χ0n) is 7.49. The first-order valence-electron chi connectivity index (χ1n) is 4.07. The highest BCUT2D eigenvalue weighted by Crippen LogP contribution is 2.34. The van der Waals surface area contributed by atoms with Gasteiger partial charge >= 0.3 is 0 Å². The molecule has 6 heteroatoms. The summed E-state index contributed by atoms with van der Waals surface area (Å²) in [5, 5.41) is 28.8. The predicted octanol–water partition coefficient (Wildman–Crippen LogP) is 2.49. The molecule has 0 aromatic heterocycles. The van der Waals surface area contributed by atoms with Gasteiger partial charge in [-0.25, -0.2) is 0 Å². The monoisotopic (exact) mass is 314 g/mol. The van der Waals surface area contributed by atoms with Crippen molar-refractivity contribution in [2.45, 2.75) is 12.2 Å². The molecule has 3 nitrogen and oxygen atoms in total. The maximum atomic E-state index is 9.68. The van der Waals surface area contributed by atoms with Gasteiger partial charge in [0.1, 0.15) is 11.9 Å². The SMILES string of the molecule is Oc1cc(Cl)c(C(O)C(O)CBr)cc1Cl. The van der Waals surface area contributed by atoms with Crippen LogP contribution in [0.25, 0.3) is 0 Å². The van der Waals surface area contributed by atoms with Crippen LogP contribution in [0.5, 0.6) is 5.75 Å². The van der Waals surface area contributed by atoms with Gasteiger partial charge < -0.3 is 15.3 Å². The van der Waals surface area contributed by atoms with Crippen LogP contribution in [0.1, 0.15) is 11.7 Å². The van der Waals surface area contributed by atoms with Crippen molar-refractivity contribution >= 4 is 39.1 Å². The van der Waals surface area contributed by atoms with Gasteiger partial charge in [0.05, 0.1) is 16.1 Å². The summed E-state index contributed by atoms with van der Waals surface area (Å²) in [5.74, 6) is -0.161. The third-order valence-corrected chi connectivity index (χ3v) is 3.20. The zero-order chi connectivity index (χ0) is 11.6. The second-order valence-corrected chi connectivity index (χ2v) is 4.45. The van der Waals surface area contributed by atoms with Crippen LogP contribution in [0.4, 0.5) is 0 Å². The van der Waals surface area contributed by atoms with Crippen molar-refractivity contribution in [2.75, 3.05) is 5.33 Å². The molecular formula is C9H9BrCl2O3. The Hall–Kier alpha value is -0.000000000000000167. The Balaban J connectivity index is 3.09. The van der Waals surface area contributed by atoms with Gasteiger partial charge in [-0.1, -0.05) is 39.1 Å². The molecule has 0 amide bonds. The molecule has 0 saturated carbocycles. The number of halogens is 3. The number of aliphatic hydroxyl groups excluding tert-OH is 2. The molecule has 3 N–H and O–H groups in total. The van der Waals surface area contributed by atoms with Crippen molar-refractivity contribution in [2.24, 2.45) is 0 Å². The van der Waals surface area contributed by atoms with Crippen molar-refractivity contribution in [3.05, 3.63) is 27.7 Å². The summed E-state index contributed by atoms with van der Waals surface area (Å²) in [7, 11) is 0. The summed E-state index contributed by atoms with van der Waals surface area (Å²) in [6.45, 7) is 0. The van der Waals surface area contributed by atoms with Crippen molar-refractivity contribution < 1.29 is 15.3 Å². The van der Waals surface area contributed by atoms with Crippen LogP contribution in [0.15, 0.2) is 12.1 Å². The Morgan fingerprint density at radius 1 is 1.20 bits per heavy atom. The van der Waals surface area contributed by atoms with Crippen LogP contribution >= 0.6 is 39.1 Å².